The number of ketones is 1. The van der Waals surface area contributed by atoms with Gasteiger partial charge in [-0.25, -0.2) is 0 Å². The summed E-state index contributed by atoms with van der Waals surface area (Å²) in [7, 11) is 0. The van der Waals surface area contributed by atoms with E-state index < -0.39 is 0 Å². The molecule has 1 atom stereocenters. The van der Waals surface area contributed by atoms with Crippen molar-refractivity contribution in [3.8, 4) is 0 Å². The van der Waals surface area contributed by atoms with Crippen molar-refractivity contribution in [1.29, 1.82) is 5.41 Å². The summed E-state index contributed by atoms with van der Waals surface area (Å²) in [5, 5.41) is 7.00. The molecule has 0 aromatic heterocycles. The van der Waals surface area contributed by atoms with Crippen LogP contribution in [-0.2, 0) is 4.79 Å². The van der Waals surface area contributed by atoms with Crippen molar-refractivity contribution in [2.24, 2.45) is 5.92 Å². The van der Waals surface area contributed by atoms with Crippen LogP contribution in [0.4, 0.5) is 0 Å². The first-order chi connectivity index (χ1) is 5.72. The molecule has 12 heavy (non-hydrogen) atoms. The molecule has 0 amide bonds. The van der Waals surface area contributed by atoms with Crippen LogP contribution in [0.1, 0.15) is 32.6 Å². The Morgan fingerprint density at radius 3 is 2.67 bits per heavy atom. The normalized spacial score (nSPS) is 12.1. The van der Waals surface area contributed by atoms with Gasteiger partial charge in [0.1, 0.15) is 5.78 Å². The zero-order valence-corrected chi connectivity index (χ0v) is 7.68. The molecule has 0 saturated heterocycles. The fourth-order valence-corrected chi connectivity index (χ4v) is 1.06. The Hall–Kier alpha value is -0.920. The van der Waals surface area contributed by atoms with E-state index in [2.05, 4.69) is 6.58 Å². The molecule has 0 aliphatic rings. The SMILES string of the molecule is C=CCCCCC(C=N)C(C)=O. The van der Waals surface area contributed by atoms with Crippen LogP contribution in [0.15, 0.2) is 12.7 Å². The lowest BCUT2D eigenvalue weighted by molar-refractivity contribution is -0.118. The lowest BCUT2D eigenvalue weighted by atomic mass is 9.99. The van der Waals surface area contributed by atoms with Crippen LogP contribution in [0.3, 0.4) is 0 Å². The third-order valence-corrected chi connectivity index (χ3v) is 1.90. The van der Waals surface area contributed by atoms with E-state index in [1.807, 2.05) is 6.08 Å². The zero-order valence-electron chi connectivity index (χ0n) is 7.68. The summed E-state index contributed by atoms with van der Waals surface area (Å²) in [5.41, 5.74) is 0. The molecule has 0 spiro atoms. The van der Waals surface area contributed by atoms with Gasteiger partial charge in [-0.2, -0.15) is 0 Å². The number of unbranched alkanes of at least 4 members (excludes halogenated alkanes) is 2. The Morgan fingerprint density at radius 1 is 1.58 bits per heavy atom. The Labute approximate surface area is 74.2 Å². The van der Waals surface area contributed by atoms with Crippen molar-refractivity contribution in [2.45, 2.75) is 32.6 Å². The summed E-state index contributed by atoms with van der Waals surface area (Å²) < 4.78 is 0. The van der Waals surface area contributed by atoms with Crippen molar-refractivity contribution < 1.29 is 4.79 Å². The highest BCUT2D eigenvalue weighted by Crippen LogP contribution is 2.08. The highest BCUT2D eigenvalue weighted by Gasteiger charge is 2.09. The molecule has 0 fully saturated rings. The van der Waals surface area contributed by atoms with E-state index in [0.29, 0.717) is 0 Å². The van der Waals surface area contributed by atoms with Gasteiger partial charge in [0.25, 0.3) is 0 Å². The summed E-state index contributed by atoms with van der Waals surface area (Å²) in [4.78, 5) is 10.9. The maximum atomic E-state index is 10.9. The lowest BCUT2D eigenvalue weighted by Crippen LogP contribution is -2.11. The van der Waals surface area contributed by atoms with Crippen LogP contribution in [0, 0.1) is 11.3 Å². The smallest absolute Gasteiger partial charge is 0.138 e. The van der Waals surface area contributed by atoms with Crippen molar-refractivity contribution in [3.05, 3.63) is 12.7 Å². The van der Waals surface area contributed by atoms with E-state index in [4.69, 9.17) is 5.41 Å². The van der Waals surface area contributed by atoms with Crippen LogP contribution < -0.4 is 0 Å². The molecule has 1 unspecified atom stereocenters. The maximum absolute atomic E-state index is 10.9. The molecule has 2 heteroatoms. The van der Waals surface area contributed by atoms with E-state index in [1.165, 1.54) is 6.21 Å². The van der Waals surface area contributed by atoms with Crippen LogP contribution in [-0.4, -0.2) is 12.0 Å². The first kappa shape index (κ1) is 11.1. The van der Waals surface area contributed by atoms with Gasteiger partial charge in [-0.15, -0.1) is 6.58 Å². The van der Waals surface area contributed by atoms with Gasteiger partial charge in [0.2, 0.25) is 0 Å². The third kappa shape index (κ3) is 4.83. The molecular formula is C10H17NO. The number of hydrogen-bond donors (Lipinski definition) is 1. The van der Waals surface area contributed by atoms with Gasteiger partial charge in [-0.05, 0) is 26.2 Å². The number of allylic oxidation sites excluding steroid dienone is 1. The minimum Gasteiger partial charge on any atom is -0.312 e. The standard InChI is InChI=1S/C10H17NO/c1-3-4-5-6-7-10(8-11)9(2)12/h3,8,10-11H,1,4-7H2,2H3. The molecule has 0 radical (unpaired) electrons. The highest BCUT2D eigenvalue weighted by atomic mass is 16.1. The van der Waals surface area contributed by atoms with E-state index >= 15 is 0 Å². The molecule has 0 bridgehead atoms. The van der Waals surface area contributed by atoms with Gasteiger partial charge in [0, 0.05) is 6.21 Å². The predicted octanol–water partition coefficient (Wildman–Crippen LogP) is 2.59. The second-order valence-electron chi connectivity index (χ2n) is 2.96. The molecule has 0 aromatic carbocycles. The quantitative estimate of drug-likeness (QED) is 0.353. The van der Waals surface area contributed by atoms with E-state index in [1.54, 1.807) is 6.92 Å². The fourth-order valence-electron chi connectivity index (χ4n) is 1.06. The molecule has 68 valence electrons. The van der Waals surface area contributed by atoms with E-state index in [-0.39, 0.29) is 11.7 Å². The van der Waals surface area contributed by atoms with Gasteiger partial charge in [-0.3, -0.25) is 4.79 Å². The van der Waals surface area contributed by atoms with Gasteiger partial charge < -0.3 is 5.41 Å². The Morgan fingerprint density at radius 2 is 2.25 bits per heavy atom. The Balaban J connectivity index is 3.51. The lowest BCUT2D eigenvalue weighted by Gasteiger charge is -2.05. The zero-order chi connectivity index (χ0) is 9.40. The van der Waals surface area contributed by atoms with E-state index in [9.17, 15) is 4.79 Å². The molecular weight excluding hydrogens is 150 g/mol. The molecule has 0 aliphatic carbocycles. The van der Waals surface area contributed by atoms with Crippen molar-refractivity contribution in [3.63, 3.8) is 0 Å². The maximum Gasteiger partial charge on any atom is 0.138 e. The Kier molecular flexibility index (Phi) is 6.25. The first-order valence-corrected chi connectivity index (χ1v) is 4.34. The molecule has 0 aliphatic heterocycles. The molecule has 0 aromatic rings. The molecule has 2 nitrogen and oxygen atoms in total. The summed E-state index contributed by atoms with van der Waals surface area (Å²) in [6, 6.07) is 0. The highest BCUT2D eigenvalue weighted by molar-refractivity contribution is 5.92. The average Bonchev–Trinajstić information content (AvgIpc) is 2.04. The number of nitrogens with one attached hydrogen (secondary N) is 1. The average molecular weight is 167 g/mol. The number of carbonyl (C=O) groups excluding carboxylic acids is 1. The summed E-state index contributed by atoms with van der Waals surface area (Å²) in [6.45, 7) is 5.17. The minimum absolute atomic E-state index is 0.101. The summed E-state index contributed by atoms with van der Waals surface area (Å²) >= 11 is 0. The van der Waals surface area contributed by atoms with Crippen molar-refractivity contribution >= 4 is 12.0 Å². The predicted molar refractivity (Wildman–Crippen MR) is 51.6 cm³/mol. The second kappa shape index (κ2) is 6.77. The van der Waals surface area contributed by atoms with Crippen LogP contribution in [0.5, 0.6) is 0 Å². The largest absolute Gasteiger partial charge is 0.312 e. The van der Waals surface area contributed by atoms with Crippen LogP contribution in [0.2, 0.25) is 0 Å². The Bertz CT molecular complexity index is 163. The van der Waals surface area contributed by atoms with Crippen LogP contribution >= 0.6 is 0 Å². The van der Waals surface area contributed by atoms with Gasteiger partial charge in [-0.1, -0.05) is 12.5 Å². The second-order valence-corrected chi connectivity index (χ2v) is 2.96. The van der Waals surface area contributed by atoms with E-state index in [0.717, 1.165) is 25.7 Å². The third-order valence-electron chi connectivity index (χ3n) is 1.90. The van der Waals surface area contributed by atoms with Crippen molar-refractivity contribution in [2.75, 3.05) is 0 Å². The fraction of sp³-hybridized carbons (Fsp3) is 0.600. The number of carbonyl (C=O) groups is 1. The molecule has 0 saturated carbocycles. The summed E-state index contributed by atoms with van der Waals surface area (Å²) in [5.74, 6) is -0.0570. The monoisotopic (exact) mass is 167 g/mol. The number of hydrogen-bond acceptors (Lipinski definition) is 2. The summed E-state index contributed by atoms with van der Waals surface area (Å²) in [6.07, 6.45) is 7.02. The number of Topliss-reactive ketones (excluding diaryl/α,β-unsaturated/α-hetero) is 1. The minimum atomic E-state index is -0.158. The van der Waals surface area contributed by atoms with Crippen molar-refractivity contribution in [1.82, 2.24) is 0 Å². The topological polar surface area (TPSA) is 40.9 Å². The van der Waals surface area contributed by atoms with Gasteiger partial charge in [0.15, 0.2) is 0 Å². The van der Waals surface area contributed by atoms with Gasteiger partial charge in [0.05, 0.1) is 5.92 Å². The number of rotatable bonds is 7. The molecule has 1 N–H and O–H groups in total. The first-order valence-electron chi connectivity index (χ1n) is 4.34. The van der Waals surface area contributed by atoms with Crippen LogP contribution in [0.25, 0.3) is 0 Å². The van der Waals surface area contributed by atoms with Gasteiger partial charge >= 0.3 is 0 Å². The molecule has 0 rings (SSSR count). The molecule has 0 heterocycles.